The van der Waals surface area contributed by atoms with Gasteiger partial charge in [0.1, 0.15) is 0 Å². The molecule has 2 nitrogen and oxygen atoms in total. The molecule has 1 heterocycles. The van der Waals surface area contributed by atoms with Gasteiger partial charge >= 0.3 is 0 Å². The van der Waals surface area contributed by atoms with E-state index in [4.69, 9.17) is 11.6 Å². The van der Waals surface area contributed by atoms with Crippen molar-refractivity contribution in [3.05, 3.63) is 0 Å². The normalized spacial score (nSPS) is 27.5. The predicted octanol–water partition coefficient (Wildman–Crippen LogP) is 2.65. The van der Waals surface area contributed by atoms with Crippen LogP contribution >= 0.6 is 11.6 Å². The smallest absolute Gasteiger partial charge is 0.225 e. The molecule has 0 spiro atoms. The van der Waals surface area contributed by atoms with E-state index in [2.05, 4.69) is 4.90 Å². The van der Waals surface area contributed by atoms with Gasteiger partial charge in [0.25, 0.3) is 0 Å². The van der Waals surface area contributed by atoms with Gasteiger partial charge in [-0.2, -0.15) is 0 Å². The largest absolute Gasteiger partial charge is 0.342 e. The highest BCUT2D eigenvalue weighted by Gasteiger charge is 2.31. The summed E-state index contributed by atoms with van der Waals surface area (Å²) in [5.41, 5.74) is 0. The molecule has 0 bridgehead atoms. The predicted molar refractivity (Wildman–Crippen MR) is 62.0 cm³/mol. The van der Waals surface area contributed by atoms with Crippen LogP contribution in [-0.4, -0.2) is 29.8 Å². The number of alkyl halides is 1. The molecule has 1 aliphatic carbocycles. The Morgan fingerprint density at radius 2 is 2.07 bits per heavy atom. The first-order chi connectivity index (χ1) is 7.31. The zero-order valence-corrected chi connectivity index (χ0v) is 10.0. The maximum Gasteiger partial charge on any atom is 0.225 e. The maximum absolute atomic E-state index is 12.0. The van der Waals surface area contributed by atoms with E-state index in [1.807, 2.05) is 0 Å². The molecule has 2 aliphatic rings. The molecule has 2 rings (SSSR count). The molecular weight excluding hydrogens is 210 g/mol. The quantitative estimate of drug-likeness (QED) is 0.682. The van der Waals surface area contributed by atoms with Gasteiger partial charge < -0.3 is 4.90 Å². The van der Waals surface area contributed by atoms with E-state index in [1.54, 1.807) is 0 Å². The molecule has 1 atom stereocenters. The third-order valence-electron chi connectivity index (χ3n) is 3.80. The molecule has 0 aromatic heterocycles. The lowest BCUT2D eigenvalue weighted by molar-refractivity contribution is -0.140. The van der Waals surface area contributed by atoms with E-state index in [0.717, 1.165) is 38.2 Å². The highest BCUT2D eigenvalue weighted by atomic mass is 35.5. The van der Waals surface area contributed by atoms with Crippen LogP contribution in [-0.2, 0) is 4.79 Å². The van der Waals surface area contributed by atoms with Crippen LogP contribution < -0.4 is 0 Å². The minimum atomic E-state index is 0.361. The summed E-state index contributed by atoms with van der Waals surface area (Å²) in [6.45, 7) is 1.94. The summed E-state index contributed by atoms with van der Waals surface area (Å²) in [6.07, 6.45) is 6.97. The number of nitrogens with zero attached hydrogens (tertiary/aromatic N) is 1. The van der Waals surface area contributed by atoms with Crippen LogP contribution in [0.5, 0.6) is 0 Å². The number of likely N-dealkylation sites (tertiary alicyclic amines) is 1. The molecule has 1 amide bonds. The third-order valence-corrected chi connectivity index (χ3v) is 4.02. The Morgan fingerprint density at radius 1 is 1.27 bits per heavy atom. The Balaban J connectivity index is 1.83. The number of rotatable bonds is 3. The first-order valence-electron chi connectivity index (χ1n) is 6.16. The molecule has 0 N–H and O–H groups in total. The molecule has 1 saturated heterocycles. The van der Waals surface area contributed by atoms with Gasteiger partial charge in [-0.25, -0.2) is 0 Å². The topological polar surface area (TPSA) is 20.3 Å². The van der Waals surface area contributed by atoms with E-state index >= 15 is 0 Å². The van der Waals surface area contributed by atoms with E-state index in [-0.39, 0.29) is 0 Å². The molecule has 3 heteroatoms. The van der Waals surface area contributed by atoms with Gasteiger partial charge in [0.15, 0.2) is 0 Å². The van der Waals surface area contributed by atoms with Gasteiger partial charge in [0, 0.05) is 24.9 Å². The van der Waals surface area contributed by atoms with Crippen LogP contribution in [0.25, 0.3) is 0 Å². The first-order valence-corrected chi connectivity index (χ1v) is 6.69. The van der Waals surface area contributed by atoms with Crippen molar-refractivity contribution < 1.29 is 4.79 Å². The summed E-state index contributed by atoms with van der Waals surface area (Å²) in [5, 5.41) is 0. The molecule has 1 unspecified atom stereocenters. The Hall–Kier alpha value is -0.240. The lowest BCUT2D eigenvalue weighted by atomic mass is 9.83. The minimum Gasteiger partial charge on any atom is -0.342 e. The average molecular weight is 230 g/mol. The van der Waals surface area contributed by atoms with Gasteiger partial charge in [-0.1, -0.05) is 6.42 Å². The number of piperidine rings is 1. The Kier molecular flexibility index (Phi) is 3.90. The van der Waals surface area contributed by atoms with E-state index < -0.39 is 0 Å². The van der Waals surface area contributed by atoms with Crippen molar-refractivity contribution in [2.45, 2.75) is 38.5 Å². The number of hydrogen-bond acceptors (Lipinski definition) is 1. The zero-order valence-electron chi connectivity index (χ0n) is 9.25. The van der Waals surface area contributed by atoms with E-state index in [0.29, 0.717) is 17.7 Å². The standard InChI is InChI=1S/C12H20ClNO/c13-7-6-10-3-2-8-14(9-10)12(15)11-4-1-5-11/h10-11H,1-9H2. The summed E-state index contributed by atoms with van der Waals surface area (Å²) in [7, 11) is 0. The third kappa shape index (κ3) is 2.66. The number of hydrogen-bond donors (Lipinski definition) is 0. The Labute approximate surface area is 97.0 Å². The lowest BCUT2D eigenvalue weighted by Crippen LogP contribution is -2.44. The van der Waals surface area contributed by atoms with Crippen LogP contribution in [0.2, 0.25) is 0 Å². The first kappa shape index (κ1) is 11.3. The minimum absolute atomic E-state index is 0.361. The zero-order chi connectivity index (χ0) is 10.7. The second-order valence-corrected chi connectivity index (χ2v) is 5.28. The summed E-state index contributed by atoms with van der Waals surface area (Å²) < 4.78 is 0. The second-order valence-electron chi connectivity index (χ2n) is 4.90. The summed E-state index contributed by atoms with van der Waals surface area (Å²) in [4.78, 5) is 14.1. The lowest BCUT2D eigenvalue weighted by Gasteiger charge is -2.37. The maximum atomic E-state index is 12.0. The summed E-state index contributed by atoms with van der Waals surface area (Å²) in [6, 6.07) is 0. The fourth-order valence-electron chi connectivity index (χ4n) is 2.57. The average Bonchev–Trinajstić information content (AvgIpc) is 2.16. The van der Waals surface area contributed by atoms with Crippen molar-refractivity contribution in [2.24, 2.45) is 11.8 Å². The highest BCUT2D eigenvalue weighted by molar-refractivity contribution is 6.17. The fraction of sp³-hybridized carbons (Fsp3) is 0.917. The molecule has 15 heavy (non-hydrogen) atoms. The molecule has 0 aromatic carbocycles. The van der Waals surface area contributed by atoms with Gasteiger partial charge in [0.2, 0.25) is 5.91 Å². The molecule has 86 valence electrons. The Morgan fingerprint density at radius 3 is 2.67 bits per heavy atom. The molecular formula is C12H20ClNO. The number of halogens is 1. The van der Waals surface area contributed by atoms with Gasteiger partial charge in [0.05, 0.1) is 0 Å². The van der Waals surface area contributed by atoms with Crippen LogP contribution in [0.3, 0.4) is 0 Å². The van der Waals surface area contributed by atoms with Crippen molar-refractivity contribution in [3.8, 4) is 0 Å². The number of amides is 1. The molecule has 0 radical (unpaired) electrons. The van der Waals surface area contributed by atoms with Gasteiger partial charge in [-0.15, -0.1) is 11.6 Å². The van der Waals surface area contributed by atoms with Crippen LogP contribution in [0.1, 0.15) is 38.5 Å². The van der Waals surface area contributed by atoms with E-state index in [1.165, 1.54) is 19.3 Å². The van der Waals surface area contributed by atoms with Crippen molar-refractivity contribution in [1.29, 1.82) is 0 Å². The highest BCUT2D eigenvalue weighted by Crippen LogP contribution is 2.30. The monoisotopic (exact) mass is 229 g/mol. The SMILES string of the molecule is O=C(C1CCC1)N1CCCC(CCCl)C1. The molecule has 0 aromatic rings. The second kappa shape index (κ2) is 5.20. The van der Waals surface area contributed by atoms with Crippen LogP contribution in [0, 0.1) is 11.8 Å². The molecule has 1 aliphatic heterocycles. The van der Waals surface area contributed by atoms with Gasteiger partial charge in [-0.05, 0) is 38.0 Å². The number of carbonyl (C=O) groups is 1. The van der Waals surface area contributed by atoms with Crippen LogP contribution in [0.4, 0.5) is 0 Å². The number of carbonyl (C=O) groups excluding carboxylic acids is 1. The summed E-state index contributed by atoms with van der Waals surface area (Å²) in [5.74, 6) is 2.16. The van der Waals surface area contributed by atoms with Crippen molar-refractivity contribution in [2.75, 3.05) is 19.0 Å². The molecule has 1 saturated carbocycles. The van der Waals surface area contributed by atoms with Crippen molar-refractivity contribution in [3.63, 3.8) is 0 Å². The van der Waals surface area contributed by atoms with Gasteiger partial charge in [-0.3, -0.25) is 4.79 Å². The Bertz CT molecular complexity index is 226. The van der Waals surface area contributed by atoms with Crippen LogP contribution in [0.15, 0.2) is 0 Å². The molecule has 2 fully saturated rings. The summed E-state index contributed by atoms with van der Waals surface area (Å²) >= 11 is 5.76. The fourth-order valence-corrected chi connectivity index (χ4v) is 2.88. The van der Waals surface area contributed by atoms with Crippen molar-refractivity contribution >= 4 is 17.5 Å². The van der Waals surface area contributed by atoms with E-state index in [9.17, 15) is 4.79 Å². The van der Waals surface area contributed by atoms with Crippen molar-refractivity contribution in [1.82, 2.24) is 4.90 Å².